The molecular weight excluding hydrogens is 396 g/mol. The van der Waals surface area contributed by atoms with Crippen LogP contribution >= 0.6 is 11.6 Å². The normalized spacial score (nSPS) is 11.0. The fraction of sp³-hybridized carbons (Fsp3) is 0.238. The van der Waals surface area contributed by atoms with E-state index in [1.165, 1.54) is 13.3 Å². The van der Waals surface area contributed by atoms with Crippen LogP contribution in [-0.4, -0.2) is 32.4 Å². The number of fused-ring (bicyclic) bond motifs is 1. The lowest BCUT2D eigenvalue weighted by atomic mass is 10.2. The lowest BCUT2D eigenvalue weighted by Gasteiger charge is -2.11. The number of hydrogen-bond donors (Lipinski definition) is 1. The SMILES string of the molecule is CCOc1ccc2oc(C(=O)N/N=C/c3cc(OCC)c(OC)cc3Cl)cc2c1. The van der Waals surface area contributed by atoms with E-state index in [-0.39, 0.29) is 5.76 Å². The molecule has 0 saturated carbocycles. The van der Waals surface area contributed by atoms with Crippen molar-refractivity contribution in [2.45, 2.75) is 13.8 Å². The van der Waals surface area contributed by atoms with E-state index in [1.54, 1.807) is 30.3 Å². The van der Waals surface area contributed by atoms with E-state index in [2.05, 4.69) is 10.5 Å². The highest BCUT2D eigenvalue weighted by atomic mass is 35.5. The van der Waals surface area contributed by atoms with Crippen LogP contribution in [0.1, 0.15) is 30.0 Å². The van der Waals surface area contributed by atoms with Crippen LogP contribution < -0.4 is 19.6 Å². The summed E-state index contributed by atoms with van der Waals surface area (Å²) in [4.78, 5) is 12.3. The molecule has 0 saturated heterocycles. The van der Waals surface area contributed by atoms with Gasteiger partial charge in [-0.1, -0.05) is 11.6 Å². The number of furan rings is 1. The number of ether oxygens (including phenoxy) is 3. The number of halogens is 1. The fourth-order valence-electron chi connectivity index (χ4n) is 2.68. The summed E-state index contributed by atoms with van der Waals surface area (Å²) in [5.74, 6) is 1.43. The predicted octanol–water partition coefficient (Wildman–Crippen LogP) is 4.66. The first kappa shape index (κ1) is 20.5. The highest BCUT2D eigenvalue weighted by molar-refractivity contribution is 6.33. The predicted molar refractivity (Wildman–Crippen MR) is 112 cm³/mol. The first-order chi connectivity index (χ1) is 14.0. The summed E-state index contributed by atoms with van der Waals surface area (Å²) in [5, 5.41) is 5.14. The second-order valence-corrected chi connectivity index (χ2v) is 6.31. The van der Waals surface area contributed by atoms with Gasteiger partial charge in [-0.05, 0) is 44.2 Å². The number of benzene rings is 2. The van der Waals surface area contributed by atoms with Gasteiger partial charge in [0.05, 0.1) is 31.6 Å². The lowest BCUT2D eigenvalue weighted by Crippen LogP contribution is -2.16. The van der Waals surface area contributed by atoms with Crippen molar-refractivity contribution in [3.63, 3.8) is 0 Å². The molecule has 0 atom stereocenters. The molecule has 1 heterocycles. The van der Waals surface area contributed by atoms with Crippen LogP contribution in [0.3, 0.4) is 0 Å². The van der Waals surface area contributed by atoms with Crippen molar-refractivity contribution in [1.82, 2.24) is 5.43 Å². The van der Waals surface area contributed by atoms with Gasteiger partial charge in [-0.2, -0.15) is 5.10 Å². The van der Waals surface area contributed by atoms with Crippen molar-refractivity contribution < 1.29 is 23.4 Å². The molecule has 1 N–H and O–H groups in total. The van der Waals surface area contributed by atoms with E-state index < -0.39 is 5.91 Å². The zero-order valence-corrected chi connectivity index (χ0v) is 17.1. The lowest BCUT2D eigenvalue weighted by molar-refractivity contribution is 0.0929. The minimum Gasteiger partial charge on any atom is -0.494 e. The Hall–Kier alpha value is -3.19. The monoisotopic (exact) mass is 416 g/mol. The third-order valence-corrected chi connectivity index (χ3v) is 4.30. The average molecular weight is 417 g/mol. The summed E-state index contributed by atoms with van der Waals surface area (Å²) in [6.45, 7) is 4.81. The average Bonchev–Trinajstić information content (AvgIpc) is 3.14. The highest BCUT2D eigenvalue weighted by Gasteiger charge is 2.13. The van der Waals surface area contributed by atoms with Gasteiger partial charge in [-0.3, -0.25) is 4.79 Å². The van der Waals surface area contributed by atoms with Gasteiger partial charge in [0.1, 0.15) is 11.3 Å². The summed E-state index contributed by atoms with van der Waals surface area (Å²) in [5.41, 5.74) is 3.59. The Morgan fingerprint density at radius 2 is 1.93 bits per heavy atom. The molecule has 0 bridgehead atoms. The minimum atomic E-state index is -0.481. The van der Waals surface area contributed by atoms with Crippen LogP contribution in [0.25, 0.3) is 11.0 Å². The van der Waals surface area contributed by atoms with Crippen molar-refractivity contribution >= 4 is 34.7 Å². The number of methoxy groups -OCH3 is 1. The number of rotatable bonds is 8. The number of carbonyl (C=O) groups is 1. The van der Waals surface area contributed by atoms with Gasteiger partial charge < -0.3 is 18.6 Å². The molecule has 3 aromatic rings. The molecule has 0 aliphatic rings. The molecule has 8 heteroatoms. The summed E-state index contributed by atoms with van der Waals surface area (Å²) in [6, 6.07) is 10.3. The van der Waals surface area contributed by atoms with Gasteiger partial charge in [0.25, 0.3) is 0 Å². The summed E-state index contributed by atoms with van der Waals surface area (Å²) < 4.78 is 21.8. The molecule has 152 valence electrons. The van der Waals surface area contributed by atoms with Crippen LogP contribution in [0.4, 0.5) is 0 Å². The van der Waals surface area contributed by atoms with E-state index in [0.717, 1.165) is 5.39 Å². The van der Waals surface area contributed by atoms with Crippen LogP contribution in [0.5, 0.6) is 17.2 Å². The smallest absolute Gasteiger partial charge is 0.307 e. The number of amides is 1. The number of hydrogen-bond acceptors (Lipinski definition) is 6. The summed E-state index contributed by atoms with van der Waals surface area (Å²) in [6.07, 6.45) is 1.43. The molecule has 29 heavy (non-hydrogen) atoms. The second-order valence-electron chi connectivity index (χ2n) is 5.90. The van der Waals surface area contributed by atoms with E-state index >= 15 is 0 Å². The molecule has 0 fully saturated rings. The summed E-state index contributed by atoms with van der Waals surface area (Å²) >= 11 is 6.24. The third kappa shape index (κ3) is 4.81. The maximum absolute atomic E-state index is 12.3. The zero-order chi connectivity index (χ0) is 20.8. The molecule has 0 radical (unpaired) electrons. The molecule has 7 nitrogen and oxygen atoms in total. The quantitative estimate of drug-likeness (QED) is 0.426. The Bertz CT molecular complexity index is 1040. The van der Waals surface area contributed by atoms with E-state index in [9.17, 15) is 4.79 Å². The van der Waals surface area contributed by atoms with Crippen molar-refractivity contribution in [2.24, 2.45) is 5.10 Å². The molecule has 3 rings (SSSR count). The maximum atomic E-state index is 12.3. The summed E-state index contributed by atoms with van der Waals surface area (Å²) in [7, 11) is 1.53. The Morgan fingerprint density at radius 1 is 1.14 bits per heavy atom. The first-order valence-corrected chi connectivity index (χ1v) is 9.43. The fourth-order valence-corrected chi connectivity index (χ4v) is 2.89. The van der Waals surface area contributed by atoms with Crippen molar-refractivity contribution in [1.29, 1.82) is 0 Å². The first-order valence-electron chi connectivity index (χ1n) is 9.05. The van der Waals surface area contributed by atoms with Gasteiger partial charge in [-0.15, -0.1) is 0 Å². The number of carbonyl (C=O) groups excluding carboxylic acids is 1. The zero-order valence-electron chi connectivity index (χ0n) is 16.3. The van der Waals surface area contributed by atoms with Crippen molar-refractivity contribution in [3.8, 4) is 17.2 Å². The molecule has 1 aromatic heterocycles. The van der Waals surface area contributed by atoms with Gasteiger partial charge in [-0.25, -0.2) is 5.43 Å². The number of nitrogens with zero attached hydrogens (tertiary/aromatic N) is 1. The molecule has 0 aliphatic heterocycles. The molecule has 2 aromatic carbocycles. The second kappa shape index (κ2) is 9.34. The molecule has 1 amide bonds. The third-order valence-electron chi connectivity index (χ3n) is 3.98. The van der Waals surface area contributed by atoms with E-state index in [4.69, 9.17) is 30.2 Å². The largest absolute Gasteiger partial charge is 0.494 e. The van der Waals surface area contributed by atoms with Gasteiger partial charge >= 0.3 is 5.91 Å². The van der Waals surface area contributed by atoms with Crippen LogP contribution in [0.2, 0.25) is 5.02 Å². The minimum absolute atomic E-state index is 0.140. The van der Waals surface area contributed by atoms with Crippen LogP contribution in [0.15, 0.2) is 45.9 Å². The highest BCUT2D eigenvalue weighted by Crippen LogP contribution is 2.32. The maximum Gasteiger partial charge on any atom is 0.307 e. The Balaban J connectivity index is 1.74. The van der Waals surface area contributed by atoms with Crippen molar-refractivity contribution in [3.05, 3.63) is 52.7 Å². The van der Waals surface area contributed by atoms with Gasteiger partial charge in [0, 0.05) is 17.0 Å². The number of hydrazone groups is 1. The Morgan fingerprint density at radius 3 is 2.66 bits per heavy atom. The molecule has 0 unspecified atom stereocenters. The van der Waals surface area contributed by atoms with Crippen molar-refractivity contribution in [2.75, 3.05) is 20.3 Å². The molecule has 0 aliphatic carbocycles. The van der Waals surface area contributed by atoms with Gasteiger partial charge in [0.15, 0.2) is 17.3 Å². The standard InChI is InChI=1S/C21H21ClN2O5/c1-4-27-15-6-7-17-13(8-15)9-20(29-17)21(25)24-23-12-14-10-19(28-5-2)18(26-3)11-16(14)22/h6-12H,4-5H2,1-3H3,(H,24,25)/b23-12+. The van der Waals surface area contributed by atoms with Crippen LogP contribution in [-0.2, 0) is 0 Å². The van der Waals surface area contributed by atoms with Gasteiger partial charge in [0.2, 0.25) is 0 Å². The Kier molecular flexibility index (Phi) is 6.61. The molecule has 0 spiro atoms. The molecular formula is C21H21ClN2O5. The van der Waals surface area contributed by atoms with E-state index in [0.29, 0.717) is 46.6 Å². The Labute approximate surface area is 173 Å². The van der Waals surface area contributed by atoms with Crippen LogP contribution in [0, 0.1) is 0 Å². The topological polar surface area (TPSA) is 82.3 Å². The van der Waals surface area contributed by atoms with E-state index in [1.807, 2.05) is 19.9 Å². The number of nitrogens with one attached hydrogen (secondary N) is 1.